The molecule has 0 saturated heterocycles. The Morgan fingerprint density at radius 2 is 2.00 bits per heavy atom. The number of rotatable bonds is 3. The van der Waals surface area contributed by atoms with Crippen LogP contribution in [0.1, 0.15) is 13.3 Å². The highest BCUT2D eigenvalue weighted by Crippen LogP contribution is 2.22. The highest BCUT2D eigenvalue weighted by molar-refractivity contribution is 6.03. The number of allylic oxidation sites excluding steroid dienone is 2. The average Bonchev–Trinajstić information content (AvgIpc) is 2.43. The molecule has 4 heteroatoms. The van der Waals surface area contributed by atoms with E-state index in [0.29, 0.717) is 6.42 Å². The van der Waals surface area contributed by atoms with Crippen molar-refractivity contribution in [1.29, 1.82) is 0 Å². The Labute approximate surface area is 118 Å². The van der Waals surface area contributed by atoms with Crippen molar-refractivity contribution in [3.05, 3.63) is 48.7 Å². The van der Waals surface area contributed by atoms with Crippen molar-refractivity contribution >= 4 is 17.4 Å². The van der Waals surface area contributed by atoms with Crippen LogP contribution < -0.4 is 9.64 Å². The number of benzene rings is 1. The van der Waals surface area contributed by atoms with Gasteiger partial charge in [0.25, 0.3) is 5.91 Å². The maximum Gasteiger partial charge on any atom is 0.254 e. The molecular formula is C16H17NO3. The molecule has 0 bridgehead atoms. The molecule has 1 aromatic rings. The Bertz CT molecular complexity index is 558. The molecule has 0 saturated carbocycles. The minimum Gasteiger partial charge on any atom is -0.497 e. The first kappa shape index (κ1) is 14.1. The van der Waals surface area contributed by atoms with Gasteiger partial charge in [-0.05, 0) is 43.7 Å². The monoisotopic (exact) mass is 271 g/mol. The van der Waals surface area contributed by atoms with E-state index >= 15 is 0 Å². The summed E-state index contributed by atoms with van der Waals surface area (Å²) in [4.78, 5) is 25.1. The molecule has 104 valence electrons. The highest BCUT2D eigenvalue weighted by atomic mass is 16.5. The summed E-state index contributed by atoms with van der Waals surface area (Å²) in [5.74, 6) is 0.512. The second-order valence-corrected chi connectivity index (χ2v) is 4.60. The third-order valence-electron chi connectivity index (χ3n) is 3.23. The summed E-state index contributed by atoms with van der Waals surface area (Å²) in [5.41, 5.74) is 0.737. The number of anilines is 1. The van der Waals surface area contributed by atoms with Gasteiger partial charge in [-0.2, -0.15) is 0 Å². The molecular weight excluding hydrogens is 254 g/mol. The van der Waals surface area contributed by atoms with Crippen LogP contribution in [0.2, 0.25) is 0 Å². The lowest BCUT2D eigenvalue weighted by Crippen LogP contribution is -2.25. The largest absolute Gasteiger partial charge is 0.497 e. The fraction of sp³-hybridized carbons (Fsp3) is 0.250. The smallest absolute Gasteiger partial charge is 0.254 e. The van der Waals surface area contributed by atoms with Gasteiger partial charge < -0.3 is 4.74 Å². The molecule has 0 spiro atoms. The number of ketones is 1. The quantitative estimate of drug-likeness (QED) is 0.849. The number of amides is 1. The molecule has 1 atom stereocenters. The van der Waals surface area contributed by atoms with Crippen LogP contribution in [0.25, 0.3) is 0 Å². The van der Waals surface area contributed by atoms with Crippen molar-refractivity contribution in [1.82, 2.24) is 0 Å². The van der Waals surface area contributed by atoms with E-state index in [1.54, 1.807) is 56.7 Å². The summed E-state index contributed by atoms with van der Waals surface area (Å²) in [6.07, 6.45) is 7.25. The predicted molar refractivity (Wildman–Crippen MR) is 77.5 cm³/mol. The second kappa shape index (κ2) is 6.19. The van der Waals surface area contributed by atoms with E-state index < -0.39 is 0 Å². The van der Waals surface area contributed by atoms with Gasteiger partial charge in [-0.1, -0.05) is 12.2 Å². The van der Waals surface area contributed by atoms with E-state index in [-0.39, 0.29) is 17.6 Å². The van der Waals surface area contributed by atoms with E-state index in [4.69, 9.17) is 4.74 Å². The molecule has 1 amide bonds. The van der Waals surface area contributed by atoms with Gasteiger partial charge in [0.15, 0.2) is 0 Å². The van der Waals surface area contributed by atoms with Gasteiger partial charge in [-0.15, -0.1) is 0 Å². The first-order chi connectivity index (χ1) is 9.61. The topological polar surface area (TPSA) is 46.6 Å². The maximum absolute atomic E-state index is 12.1. The molecule has 1 aromatic carbocycles. The summed E-state index contributed by atoms with van der Waals surface area (Å²) >= 11 is 0. The van der Waals surface area contributed by atoms with Crippen LogP contribution in [0.15, 0.2) is 48.7 Å². The van der Waals surface area contributed by atoms with Gasteiger partial charge in [0.1, 0.15) is 11.5 Å². The lowest BCUT2D eigenvalue weighted by atomic mass is 10.00. The lowest BCUT2D eigenvalue weighted by Gasteiger charge is -2.20. The number of carbonyl (C=O) groups excluding carboxylic acids is 2. The Morgan fingerprint density at radius 3 is 2.60 bits per heavy atom. The number of ether oxygens (including phenoxy) is 1. The molecule has 4 nitrogen and oxygen atoms in total. The fourth-order valence-corrected chi connectivity index (χ4v) is 2.00. The molecule has 1 aliphatic heterocycles. The first-order valence-electron chi connectivity index (χ1n) is 6.44. The summed E-state index contributed by atoms with van der Waals surface area (Å²) in [6.45, 7) is 1.56. The SMILES string of the molecule is COc1ccc(N2/C=C\C(C(C)=O)C/C=C\C2=O)cc1. The van der Waals surface area contributed by atoms with Gasteiger partial charge in [0.2, 0.25) is 0 Å². The van der Waals surface area contributed by atoms with Crippen LogP contribution in [0, 0.1) is 5.92 Å². The van der Waals surface area contributed by atoms with Crippen molar-refractivity contribution in [3.8, 4) is 5.75 Å². The van der Waals surface area contributed by atoms with E-state index in [2.05, 4.69) is 0 Å². The molecule has 20 heavy (non-hydrogen) atoms. The van der Waals surface area contributed by atoms with Crippen LogP contribution in [-0.2, 0) is 9.59 Å². The van der Waals surface area contributed by atoms with Gasteiger partial charge in [0, 0.05) is 17.8 Å². The lowest BCUT2D eigenvalue weighted by molar-refractivity contribution is -0.119. The van der Waals surface area contributed by atoms with Crippen molar-refractivity contribution in [2.24, 2.45) is 5.92 Å². The van der Waals surface area contributed by atoms with E-state index in [0.717, 1.165) is 11.4 Å². The van der Waals surface area contributed by atoms with Crippen molar-refractivity contribution < 1.29 is 14.3 Å². The predicted octanol–water partition coefficient (Wildman–Crippen LogP) is 2.71. The number of hydrogen-bond donors (Lipinski definition) is 0. The van der Waals surface area contributed by atoms with E-state index in [9.17, 15) is 9.59 Å². The summed E-state index contributed by atoms with van der Waals surface area (Å²) in [6, 6.07) is 7.20. The van der Waals surface area contributed by atoms with E-state index in [1.165, 1.54) is 11.0 Å². The van der Waals surface area contributed by atoms with Crippen molar-refractivity contribution in [2.75, 3.05) is 12.0 Å². The van der Waals surface area contributed by atoms with Crippen LogP contribution in [0.5, 0.6) is 5.75 Å². The van der Waals surface area contributed by atoms with Crippen LogP contribution in [-0.4, -0.2) is 18.8 Å². The summed E-state index contributed by atoms with van der Waals surface area (Å²) < 4.78 is 5.10. The standard InChI is InChI=1S/C16H17NO3/c1-12(18)13-4-3-5-16(19)17(11-10-13)14-6-8-15(20-2)9-7-14/h3,5-11,13H,4H2,1-2H3/b5-3-,11-10-. The average molecular weight is 271 g/mol. The fourth-order valence-electron chi connectivity index (χ4n) is 2.00. The Morgan fingerprint density at radius 1 is 1.30 bits per heavy atom. The maximum atomic E-state index is 12.1. The van der Waals surface area contributed by atoms with Gasteiger partial charge >= 0.3 is 0 Å². The van der Waals surface area contributed by atoms with Crippen molar-refractivity contribution in [3.63, 3.8) is 0 Å². The molecule has 0 fully saturated rings. The number of carbonyl (C=O) groups is 2. The molecule has 0 aliphatic carbocycles. The number of methoxy groups -OCH3 is 1. The molecule has 2 rings (SSSR count). The van der Waals surface area contributed by atoms with Gasteiger partial charge in [-0.25, -0.2) is 0 Å². The summed E-state index contributed by atoms with van der Waals surface area (Å²) in [7, 11) is 1.59. The molecule has 0 radical (unpaired) electrons. The minimum atomic E-state index is -0.180. The Balaban J connectivity index is 2.28. The third kappa shape index (κ3) is 3.15. The zero-order valence-corrected chi connectivity index (χ0v) is 11.6. The van der Waals surface area contributed by atoms with Crippen molar-refractivity contribution in [2.45, 2.75) is 13.3 Å². The number of hydrogen-bond acceptors (Lipinski definition) is 3. The second-order valence-electron chi connectivity index (χ2n) is 4.60. The first-order valence-corrected chi connectivity index (χ1v) is 6.44. The van der Waals surface area contributed by atoms with Crippen LogP contribution in [0.3, 0.4) is 0 Å². The molecule has 0 aromatic heterocycles. The third-order valence-corrected chi connectivity index (χ3v) is 3.23. The van der Waals surface area contributed by atoms with Gasteiger partial charge in [0.05, 0.1) is 7.11 Å². The molecule has 1 heterocycles. The number of Topliss-reactive ketones (excluding diaryl/α,β-unsaturated/α-hetero) is 1. The molecule has 1 unspecified atom stereocenters. The Hall–Kier alpha value is -2.36. The zero-order valence-electron chi connectivity index (χ0n) is 11.6. The Kier molecular flexibility index (Phi) is 4.35. The van der Waals surface area contributed by atoms with Crippen LogP contribution >= 0.6 is 0 Å². The van der Waals surface area contributed by atoms with E-state index in [1.807, 2.05) is 0 Å². The molecule has 0 N–H and O–H groups in total. The minimum absolute atomic E-state index is 0.0925. The zero-order chi connectivity index (χ0) is 14.5. The highest BCUT2D eigenvalue weighted by Gasteiger charge is 2.16. The summed E-state index contributed by atoms with van der Waals surface area (Å²) in [5, 5.41) is 0. The van der Waals surface area contributed by atoms with Gasteiger partial charge in [-0.3, -0.25) is 14.5 Å². The van der Waals surface area contributed by atoms with Crippen LogP contribution in [0.4, 0.5) is 5.69 Å². The molecule has 1 aliphatic rings. The normalized spacial score (nSPS) is 21.8. The number of nitrogens with zero attached hydrogens (tertiary/aromatic N) is 1.